The second-order valence-electron chi connectivity index (χ2n) is 5.60. The van der Waals surface area contributed by atoms with Crippen molar-refractivity contribution in [2.45, 2.75) is 11.4 Å². The largest absolute Gasteiger partial charge is 0.369 e. The molecule has 3 N–H and O–H groups in total. The highest BCUT2D eigenvalue weighted by Gasteiger charge is 2.11. The zero-order valence-electron chi connectivity index (χ0n) is 13.9. The van der Waals surface area contributed by atoms with Crippen LogP contribution >= 0.6 is 23.4 Å². The van der Waals surface area contributed by atoms with Gasteiger partial charge in [-0.3, -0.25) is 14.5 Å². The number of nitrogens with zero attached hydrogens (tertiary/aromatic N) is 1. The van der Waals surface area contributed by atoms with Gasteiger partial charge >= 0.3 is 0 Å². The predicted octanol–water partition coefficient (Wildman–Crippen LogP) is 2.99. The lowest BCUT2D eigenvalue weighted by atomic mass is 10.2. The fourth-order valence-corrected chi connectivity index (χ4v) is 3.11. The second kappa shape index (κ2) is 9.46. The van der Waals surface area contributed by atoms with Gasteiger partial charge < -0.3 is 11.1 Å². The van der Waals surface area contributed by atoms with Crippen LogP contribution in [-0.4, -0.2) is 36.1 Å². The number of nitrogens with two attached hydrogens (primary N) is 1. The van der Waals surface area contributed by atoms with Crippen molar-refractivity contribution in [2.24, 2.45) is 5.73 Å². The summed E-state index contributed by atoms with van der Waals surface area (Å²) in [5, 5.41) is 3.57. The van der Waals surface area contributed by atoms with E-state index in [9.17, 15) is 9.59 Å². The van der Waals surface area contributed by atoms with Crippen molar-refractivity contribution >= 4 is 40.9 Å². The molecule has 0 radical (unpaired) electrons. The maximum Gasteiger partial charge on any atom is 0.238 e. The van der Waals surface area contributed by atoms with Crippen molar-refractivity contribution in [3.8, 4) is 0 Å². The van der Waals surface area contributed by atoms with Crippen molar-refractivity contribution < 1.29 is 9.59 Å². The summed E-state index contributed by atoms with van der Waals surface area (Å²) in [6.07, 6.45) is 0. The van der Waals surface area contributed by atoms with Gasteiger partial charge in [-0.05, 0) is 36.9 Å². The van der Waals surface area contributed by atoms with E-state index in [1.807, 2.05) is 54.4 Å². The van der Waals surface area contributed by atoms with Crippen LogP contribution in [0, 0.1) is 0 Å². The number of nitrogens with one attached hydrogen (secondary N) is 1. The van der Waals surface area contributed by atoms with Gasteiger partial charge in [-0.2, -0.15) is 0 Å². The van der Waals surface area contributed by atoms with Crippen LogP contribution in [0.2, 0.25) is 5.02 Å². The lowest BCUT2D eigenvalue weighted by Gasteiger charge is -2.17. The molecule has 0 aromatic heterocycles. The van der Waals surface area contributed by atoms with E-state index in [-0.39, 0.29) is 18.2 Å². The summed E-state index contributed by atoms with van der Waals surface area (Å²) in [6.45, 7) is 0.889. The molecule has 2 aromatic rings. The van der Waals surface area contributed by atoms with Crippen molar-refractivity contribution in [1.29, 1.82) is 0 Å². The average molecular weight is 378 g/mol. The number of para-hydroxylation sites is 1. The maximum atomic E-state index is 12.3. The van der Waals surface area contributed by atoms with Gasteiger partial charge in [0.05, 0.1) is 18.0 Å². The van der Waals surface area contributed by atoms with Gasteiger partial charge in [0.25, 0.3) is 0 Å². The normalized spacial score (nSPS) is 10.7. The first-order valence-corrected chi connectivity index (χ1v) is 9.03. The molecule has 0 aliphatic heterocycles. The molecular weight excluding hydrogens is 358 g/mol. The average Bonchev–Trinajstić information content (AvgIpc) is 2.56. The van der Waals surface area contributed by atoms with Gasteiger partial charge in [-0.1, -0.05) is 35.9 Å². The molecule has 25 heavy (non-hydrogen) atoms. The number of likely N-dealkylation sites (N-methyl/N-ethyl adjacent to an activating group) is 1. The molecule has 7 heteroatoms. The van der Waals surface area contributed by atoms with Crippen LogP contribution in [0.4, 0.5) is 5.69 Å². The highest BCUT2D eigenvalue weighted by molar-refractivity contribution is 8.00. The number of amides is 2. The number of rotatable bonds is 8. The molecule has 2 aromatic carbocycles. The fourth-order valence-electron chi connectivity index (χ4n) is 2.24. The third-order valence-corrected chi connectivity index (χ3v) is 4.66. The number of hydrogen-bond acceptors (Lipinski definition) is 4. The van der Waals surface area contributed by atoms with Crippen LogP contribution in [0.1, 0.15) is 5.56 Å². The van der Waals surface area contributed by atoms with E-state index in [2.05, 4.69) is 5.32 Å². The molecule has 2 rings (SSSR count). The number of primary amides is 1. The molecule has 0 aliphatic carbocycles. The molecule has 132 valence electrons. The molecule has 0 heterocycles. The van der Waals surface area contributed by atoms with E-state index >= 15 is 0 Å². The molecule has 0 atom stereocenters. The smallest absolute Gasteiger partial charge is 0.238 e. The SMILES string of the molecule is CN(CC(=O)Nc1ccccc1SCC(N)=O)Cc1ccc(Cl)cc1. The molecule has 2 amide bonds. The minimum absolute atomic E-state index is 0.122. The minimum atomic E-state index is -0.395. The van der Waals surface area contributed by atoms with Gasteiger partial charge in [-0.25, -0.2) is 0 Å². The Balaban J connectivity index is 1.91. The van der Waals surface area contributed by atoms with E-state index in [0.717, 1.165) is 10.5 Å². The molecule has 0 fully saturated rings. The number of anilines is 1. The summed E-state index contributed by atoms with van der Waals surface area (Å²) < 4.78 is 0. The lowest BCUT2D eigenvalue weighted by Crippen LogP contribution is -2.30. The van der Waals surface area contributed by atoms with Crippen molar-refractivity contribution in [3.63, 3.8) is 0 Å². The van der Waals surface area contributed by atoms with E-state index in [4.69, 9.17) is 17.3 Å². The number of benzene rings is 2. The Labute approximate surface area is 156 Å². The topological polar surface area (TPSA) is 75.4 Å². The summed E-state index contributed by atoms with van der Waals surface area (Å²) >= 11 is 7.18. The number of carbonyl (C=O) groups excluding carboxylic acids is 2. The van der Waals surface area contributed by atoms with Gasteiger partial charge in [0.1, 0.15) is 0 Å². The van der Waals surface area contributed by atoms with Crippen molar-refractivity contribution in [1.82, 2.24) is 4.90 Å². The number of hydrogen-bond donors (Lipinski definition) is 2. The van der Waals surface area contributed by atoms with Crippen LogP contribution in [0.5, 0.6) is 0 Å². The highest BCUT2D eigenvalue weighted by atomic mass is 35.5. The molecule has 5 nitrogen and oxygen atoms in total. The van der Waals surface area contributed by atoms with E-state index in [1.165, 1.54) is 11.8 Å². The van der Waals surface area contributed by atoms with Crippen molar-refractivity contribution in [2.75, 3.05) is 24.7 Å². The third-order valence-electron chi connectivity index (χ3n) is 3.31. The molecule has 0 unspecified atom stereocenters. The Morgan fingerprint density at radius 1 is 1.16 bits per heavy atom. The zero-order chi connectivity index (χ0) is 18.2. The number of thioether (sulfide) groups is 1. The lowest BCUT2D eigenvalue weighted by molar-refractivity contribution is -0.117. The minimum Gasteiger partial charge on any atom is -0.369 e. The van der Waals surface area contributed by atoms with E-state index in [0.29, 0.717) is 17.3 Å². The Kier molecular flexibility index (Phi) is 7.31. The first-order chi connectivity index (χ1) is 11.9. The van der Waals surface area contributed by atoms with Gasteiger partial charge in [0.15, 0.2) is 0 Å². The second-order valence-corrected chi connectivity index (χ2v) is 7.05. The summed E-state index contributed by atoms with van der Waals surface area (Å²) in [6, 6.07) is 14.9. The monoisotopic (exact) mass is 377 g/mol. The van der Waals surface area contributed by atoms with Crippen LogP contribution in [0.25, 0.3) is 0 Å². The van der Waals surface area contributed by atoms with Crippen molar-refractivity contribution in [3.05, 3.63) is 59.1 Å². The Bertz CT molecular complexity index is 737. The van der Waals surface area contributed by atoms with Crippen LogP contribution < -0.4 is 11.1 Å². The predicted molar refractivity (Wildman–Crippen MR) is 103 cm³/mol. The quantitative estimate of drug-likeness (QED) is 0.693. The van der Waals surface area contributed by atoms with E-state index < -0.39 is 5.91 Å². The van der Waals surface area contributed by atoms with Gasteiger partial charge in [-0.15, -0.1) is 11.8 Å². The van der Waals surface area contributed by atoms with Crippen LogP contribution in [-0.2, 0) is 16.1 Å². The summed E-state index contributed by atoms with van der Waals surface area (Å²) in [4.78, 5) is 26.0. The fraction of sp³-hybridized carbons (Fsp3) is 0.222. The van der Waals surface area contributed by atoms with Gasteiger partial charge in [0, 0.05) is 16.5 Å². The molecular formula is C18H20ClN3O2S. The van der Waals surface area contributed by atoms with E-state index in [1.54, 1.807) is 6.07 Å². The first kappa shape index (κ1) is 19.3. The highest BCUT2D eigenvalue weighted by Crippen LogP contribution is 2.26. The Morgan fingerprint density at radius 3 is 2.52 bits per heavy atom. The third kappa shape index (κ3) is 6.78. The number of halogens is 1. The van der Waals surface area contributed by atoms with Crippen LogP contribution in [0.15, 0.2) is 53.4 Å². The summed E-state index contributed by atoms with van der Waals surface area (Å²) in [5.74, 6) is -0.346. The molecule has 0 spiro atoms. The van der Waals surface area contributed by atoms with Gasteiger partial charge in [0.2, 0.25) is 11.8 Å². The standard InChI is InChI=1S/C18H20ClN3O2S/c1-22(10-13-6-8-14(19)9-7-13)11-18(24)21-15-4-2-3-5-16(15)25-12-17(20)23/h2-9H,10-12H2,1H3,(H2,20,23)(H,21,24). The molecule has 0 saturated carbocycles. The molecule has 0 saturated heterocycles. The number of carbonyl (C=O) groups is 2. The van der Waals surface area contributed by atoms with Crippen LogP contribution in [0.3, 0.4) is 0 Å². The first-order valence-electron chi connectivity index (χ1n) is 7.67. The Hall–Kier alpha value is -2.02. The summed E-state index contributed by atoms with van der Waals surface area (Å²) in [7, 11) is 1.88. The maximum absolute atomic E-state index is 12.3. The molecule has 0 bridgehead atoms. The zero-order valence-corrected chi connectivity index (χ0v) is 15.4. The Morgan fingerprint density at radius 2 is 1.84 bits per heavy atom. The molecule has 0 aliphatic rings. The summed E-state index contributed by atoms with van der Waals surface area (Å²) in [5.41, 5.74) is 6.94.